The van der Waals surface area contributed by atoms with Gasteiger partial charge in [0.25, 0.3) is 0 Å². The maximum atomic E-state index is 9.52. The Morgan fingerprint density at radius 2 is 1.82 bits per heavy atom. The van der Waals surface area contributed by atoms with Crippen molar-refractivity contribution in [2.24, 2.45) is 7.05 Å². The highest BCUT2D eigenvalue weighted by Crippen LogP contribution is 2.25. The lowest BCUT2D eigenvalue weighted by molar-refractivity contribution is 0.199. The Morgan fingerprint density at radius 3 is 2.36 bits per heavy atom. The Hall–Kier alpha value is -1.36. The fourth-order valence-corrected chi connectivity index (χ4v) is 2.64. The zero-order valence-corrected chi connectivity index (χ0v) is 14.4. The van der Waals surface area contributed by atoms with Gasteiger partial charge in [-0.05, 0) is 24.0 Å². The molecule has 1 aromatic heterocycles. The van der Waals surface area contributed by atoms with Crippen molar-refractivity contribution < 1.29 is 5.11 Å². The van der Waals surface area contributed by atoms with Crippen LogP contribution in [0.2, 0.25) is 5.15 Å². The Balaban J connectivity index is 1.99. The molecule has 0 saturated carbocycles. The molecule has 0 aliphatic rings. The molecule has 2 rings (SSSR count). The van der Waals surface area contributed by atoms with Crippen molar-refractivity contribution in [1.29, 1.82) is 0 Å². The third-order valence-corrected chi connectivity index (χ3v) is 4.21. The van der Waals surface area contributed by atoms with Gasteiger partial charge in [0.1, 0.15) is 5.15 Å². The molecule has 0 amide bonds. The van der Waals surface area contributed by atoms with Gasteiger partial charge >= 0.3 is 0 Å². The summed E-state index contributed by atoms with van der Waals surface area (Å²) in [5.41, 5.74) is 4.22. The highest BCUT2D eigenvalue weighted by Gasteiger charge is 2.16. The van der Waals surface area contributed by atoms with Crippen molar-refractivity contribution in [2.75, 3.05) is 0 Å². The monoisotopic (exact) mass is 321 g/mol. The molecule has 1 aromatic carbocycles. The van der Waals surface area contributed by atoms with Crippen LogP contribution in [0.5, 0.6) is 0 Å². The molecule has 0 spiro atoms. The van der Waals surface area contributed by atoms with Gasteiger partial charge in [-0.1, -0.05) is 49.7 Å². The van der Waals surface area contributed by atoms with E-state index in [1.807, 2.05) is 31.3 Å². The Morgan fingerprint density at radius 1 is 1.18 bits per heavy atom. The Labute approximate surface area is 137 Å². The van der Waals surface area contributed by atoms with Gasteiger partial charge in [0, 0.05) is 25.7 Å². The molecule has 0 aliphatic heterocycles. The van der Waals surface area contributed by atoms with Crippen LogP contribution in [-0.4, -0.2) is 14.9 Å². The number of hydrogen-bond donors (Lipinski definition) is 2. The minimum Gasteiger partial charge on any atom is -0.389 e. The summed E-state index contributed by atoms with van der Waals surface area (Å²) in [5.74, 6) is 0.348. The molecule has 2 aromatic rings. The molecule has 0 radical (unpaired) electrons. The van der Waals surface area contributed by atoms with Crippen molar-refractivity contribution in [1.82, 2.24) is 15.1 Å². The average Bonchev–Trinajstić information content (AvgIpc) is 2.76. The molecule has 0 saturated heterocycles. The smallest absolute Gasteiger partial charge is 0.131 e. The van der Waals surface area contributed by atoms with Crippen molar-refractivity contribution in [2.45, 2.75) is 45.9 Å². The van der Waals surface area contributed by atoms with E-state index in [1.54, 1.807) is 11.6 Å². The molecule has 1 unspecified atom stereocenters. The molecule has 4 nitrogen and oxygen atoms in total. The van der Waals surface area contributed by atoms with Gasteiger partial charge in [-0.15, -0.1) is 0 Å². The zero-order valence-electron chi connectivity index (χ0n) is 13.6. The summed E-state index contributed by atoms with van der Waals surface area (Å²) in [6, 6.07) is 7.98. The highest BCUT2D eigenvalue weighted by molar-refractivity contribution is 6.30. The molecule has 22 heavy (non-hydrogen) atoms. The number of benzene rings is 1. The van der Waals surface area contributed by atoms with E-state index in [-0.39, 0.29) is 0 Å². The molecule has 0 fully saturated rings. The number of halogens is 1. The summed E-state index contributed by atoms with van der Waals surface area (Å²) in [5, 5.41) is 18.1. The molecule has 1 heterocycles. The molecule has 0 bridgehead atoms. The van der Waals surface area contributed by atoms with E-state index in [4.69, 9.17) is 11.6 Å². The van der Waals surface area contributed by atoms with Crippen LogP contribution >= 0.6 is 11.6 Å². The normalized spacial score (nSPS) is 12.9. The van der Waals surface area contributed by atoms with E-state index >= 15 is 0 Å². The number of aryl methyl sites for hydroxylation is 1. The van der Waals surface area contributed by atoms with Crippen molar-refractivity contribution in [3.05, 3.63) is 51.8 Å². The summed E-state index contributed by atoms with van der Waals surface area (Å²) in [4.78, 5) is 0. The minimum absolute atomic E-state index is 0.348. The van der Waals surface area contributed by atoms with Gasteiger partial charge in [-0.3, -0.25) is 4.68 Å². The van der Waals surface area contributed by atoms with Gasteiger partial charge < -0.3 is 10.4 Å². The van der Waals surface area contributed by atoms with Gasteiger partial charge in [0.2, 0.25) is 0 Å². The third kappa shape index (κ3) is 3.88. The summed E-state index contributed by atoms with van der Waals surface area (Å²) in [7, 11) is 1.87. The molecule has 0 aliphatic carbocycles. The number of nitrogens with zero attached hydrogens (tertiary/aromatic N) is 2. The predicted octanol–water partition coefficient (Wildman–Crippen LogP) is 3.54. The first-order valence-corrected chi connectivity index (χ1v) is 7.96. The van der Waals surface area contributed by atoms with Crippen molar-refractivity contribution in [3.8, 4) is 0 Å². The quantitative estimate of drug-likeness (QED) is 0.855. The summed E-state index contributed by atoms with van der Waals surface area (Å²) >= 11 is 6.33. The van der Waals surface area contributed by atoms with E-state index in [0.29, 0.717) is 17.6 Å². The highest BCUT2D eigenvalue weighted by atomic mass is 35.5. The number of aromatic nitrogens is 2. The van der Waals surface area contributed by atoms with E-state index in [9.17, 15) is 5.11 Å². The van der Waals surface area contributed by atoms with E-state index in [2.05, 4.69) is 24.3 Å². The lowest BCUT2D eigenvalue weighted by Gasteiger charge is -2.09. The number of rotatable bonds is 6. The lowest BCUT2D eigenvalue weighted by Crippen LogP contribution is -2.14. The second-order valence-electron chi connectivity index (χ2n) is 5.95. The van der Waals surface area contributed by atoms with Gasteiger partial charge in [0.15, 0.2) is 0 Å². The van der Waals surface area contributed by atoms with Crippen molar-refractivity contribution in [3.63, 3.8) is 0 Å². The maximum absolute atomic E-state index is 9.52. The van der Waals surface area contributed by atoms with Crippen LogP contribution in [0.15, 0.2) is 24.3 Å². The number of hydrogen-bond acceptors (Lipinski definition) is 3. The van der Waals surface area contributed by atoms with Crippen LogP contribution in [0.4, 0.5) is 0 Å². The maximum Gasteiger partial charge on any atom is 0.131 e. The second-order valence-corrected chi connectivity index (χ2v) is 6.31. The summed E-state index contributed by atoms with van der Waals surface area (Å²) in [6.07, 6.45) is -0.426. The van der Waals surface area contributed by atoms with Crippen molar-refractivity contribution >= 4 is 11.6 Å². The average molecular weight is 322 g/mol. The molecule has 120 valence electrons. The number of aliphatic hydroxyl groups excluding tert-OH is 1. The van der Waals surface area contributed by atoms with Crippen LogP contribution in [0.3, 0.4) is 0 Å². The first-order valence-electron chi connectivity index (χ1n) is 7.59. The lowest BCUT2D eigenvalue weighted by atomic mass is 10.1. The standard InChI is InChI=1S/C17H24ClN3O/c1-11(2)16-15(17(18)21(4)20-16)10-19-9-13-5-7-14(8-6-13)12(3)22/h5-8,11-12,19,22H,9-10H2,1-4H3. The van der Waals surface area contributed by atoms with Crippen LogP contribution in [-0.2, 0) is 20.1 Å². The molecule has 1 atom stereocenters. The predicted molar refractivity (Wildman–Crippen MR) is 89.9 cm³/mol. The van der Waals surface area contributed by atoms with Crippen LogP contribution in [0.25, 0.3) is 0 Å². The fourth-order valence-electron chi connectivity index (χ4n) is 2.44. The van der Waals surface area contributed by atoms with Crippen LogP contribution in [0, 0.1) is 0 Å². The topological polar surface area (TPSA) is 50.1 Å². The van der Waals surface area contributed by atoms with Gasteiger partial charge in [-0.25, -0.2) is 0 Å². The zero-order chi connectivity index (χ0) is 16.3. The third-order valence-electron chi connectivity index (χ3n) is 3.74. The molecule has 2 N–H and O–H groups in total. The van der Waals surface area contributed by atoms with Crippen LogP contribution in [0.1, 0.15) is 55.2 Å². The largest absolute Gasteiger partial charge is 0.389 e. The summed E-state index contributed by atoms with van der Waals surface area (Å²) in [6.45, 7) is 7.46. The molecular formula is C17H24ClN3O. The van der Waals surface area contributed by atoms with E-state index in [0.717, 1.165) is 23.4 Å². The van der Waals surface area contributed by atoms with E-state index < -0.39 is 6.10 Å². The van der Waals surface area contributed by atoms with Crippen LogP contribution < -0.4 is 5.32 Å². The first kappa shape index (κ1) is 17.0. The first-order chi connectivity index (χ1) is 10.4. The van der Waals surface area contributed by atoms with Gasteiger partial charge in [0.05, 0.1) is 11.8 Å². The number of aliphatic hydroxyl groups is 1. The Kier molecular flexibility index (Phi) is 5.62. The SMILES string of the molecule is CC(C)c1nn(C)c(Cl)c1CNCc1ccc(C(C)O)cc1. The molecular weight excluding hydrogens is 298 g/mol. The fraction of sp³-hybridized carbons (Fsp3) is 0.471. The minimum atomic E-state index is -0.426. The second kappa shape index (κ2) is 7.27. The van der Waals surface area contributed by atoms with Gasteiger partial charge in [-0.2, -0.15) is 5.10 Å². The molecule has 5 heteroatoms. The Bertz CT molecular complexity index is 618. The van der Waals surface area contributed by atoms with E-state index in [1.165, 1.54) is 5.56 Å². The summed E-state index contributed by atoms with van der Waals surface area (Å²) < 4.78 is 1.73. The number of nitrogens with one attached hydrogen (secondary N) is 1.